The molecule has 1 aromatic carbocycles. The van der Waals surface area contributed by atoms with Crippen molar-refractivity contribution in [3.8, 4) is 0 Å². The standard InChI is InChI=1S/C17H23N5O3S/c1-21(2)26(23,24)20-14-7-8-17(18-13-14)19-15-5-3-4-6-16(15)22-9-11-25-12-10-22/h3-8,13,20H,9-12H2,1-2H3,(H,18,19). The SMILES string of the molecule is CN(C)S(=O)(=O)Nc1ccc(Nc2ccccc2N2CCOCC2)nc1. The minimum atomic E-state index is -3.54. The Labute approximate surface area is 154 Å². The van der Waals surface area contributed by atoms with Crippen LogP contribution in [0.5, 0.6) is 0 Å². The minimum absolute atomic E-state index is 0.408. The quantitative estimate of drug-likeness (QED) is 0.799. The van der Waals surface area contributed by atoms with E-state index in [0.29, 0.717) is 24.7 Å². The van der Waals surface area contributed by atoms with Crippen LogP contribution in [0.15, 0.2) is 42.6 Å². The van der Waals surface area contributed by atoms with Gasteiger partial charge in [-0.2, -0.15) is 12.7 Å². The summed E-state index contributed by atoms with van der Waals surface area (Å²) < 4.78 is 32.7. The summed E-state index contributed by atoms with van der Waals surface area (Å²) in [7, 11) is -0.607. The molecular weight excluding hydrogens is 354 g/mol. The van der Waals surface area contributed by atoms with Gasteiger partial charge in [0.2, 0.25) is 0 Å². The molecule has 1 aromatic heterocycles. The van der Waals surface area contributed by atoms with Crippen LogP contribution in [0.25, 0.3) is 0 Å². The van der Waals surface area contributed by atoms with Crippen LogP contribution in [0.1, 0.15) is 0 Å². The summed E-state index contributed by atoms with van der Waals surface area (Å²) in [5.41, 5.74) is 2.45. The number of benzene rings is 1. The van der Waals surface area contributed by atoms with Gasteiger partial charge >= 0.3 is 10.2 Å². The van der Waals surface area contributed by atoms with Crippen molar-refractivity contribution < 1.29 is 13.2 Å². The monoisotopic (exact) mass is 377 g/mol. The lowest BCUT2D eigenvalue weighted by molar-refractivity contribution is 0.123. The predicted molar refractivity (Wildman–Crippen MR) is 103 cm³/mol. The number of hydrogen-bond acceptors (Lipinski definition) is 6. The summed E-state index contributed by atoms with van der Waals surface area (Å²) in [6.07, 6.45) is 1.49. The maximum Gasteiger partial charge on any atom is 0.301 e. The van der Waals surface area contributed by atoms with Crippen molar-refractivity contribution >= 4 is 33.1 Å². The van der Waals surface area contributed by atoms with E-state index in [4.69, 9.17) is 4.74 Å². The summed E-state index contributed by atoms with van der Waals surface area (Å²) in [5.74, 6) is 0.638. The van der Waals surface area contributed by atoms with E-state index in [0.717, 1.165) is 28.8 Å². The van der Waals surface area contributed by atoms with Crippen LogP contribution >= 0.6 is 0 Å². The third kappa shape index (κ3) is 4.43. The lowest BCUT2D eigenvalue weighted by Crippen LogP contribution is -2.36. The fraction of sp³-hybridized carbons (Fsp3) is 0.353. The van der Waals surface area contributed by atoms with Crippen molar-refractivity contribution in [2.45, 2.75) is 0 Å². The van der Waals surface area contributed by atoms with Gasteiger partial charge in [-0.05, 0) is 24.3 Å². The van der Waals surface area contributed by atoms with E-state index >= 15 is 0 Å². The molecule has 9 heteroatoms. The van der Waals surface area contributed by atoms with Gasteiger partial charge in [0.05, 0.1) is 36.5 Å². The van der Waals surface area contributed by atoms with Crippen LogP contribution in [0.4, 0.5) is 22.9 Å². The highest BCUT2D eigenvalue weighted by Crippen LogP contribution is 2.29. The van der Waals surface area contributed by atoms with E-state index < -0.39 is 10.2 Å². The molecule has 0 aliphatic carbocycles. The van der Waals surface area contributed by atoms with Gasteiger partial charge in [-0.25, -0.2) is 4.98 Å². The van der Waals surface area contributed by atoms with Crippen molar-refractivity contribution in [3.63, 3.8) is 0 Å². The Morgan fingerprint density at radius 3 is 2.50 bits per heavy atom. The molecule has 0 radical (unpaired) electrons. The summed E-state index contributed by atoms with van der Waals surface area (Å²) >= 11 is 0. The van der Waals surface area contributed by atoms with Crippen LogP contribution < -0.4 is 14.9 Å². The van der Waals surface area contributed by atoms with Crippen molar-refractivity contribution in [1.29, 1.82) is 0 Å². The fourth-order valence-electron chi connectivity index (χ4n) is 2.57. The molecule has 3 rings (SSSR count). The molecule has 0 bridgehead atoms. The van der Waals surface area contributed by atoms with Gasteiger partial charge in [0.25, 0.3) is 0 Å². The normalized spacial score (nSPS) is 15.1. The molecule has 0 unspecified atom stereocenters. The average Bonchev–Trinajstić information content (AvgIpc) is 2.64. The van der Waals surface area contributed by atoms with Gasteiger partial charge in [-0.15, -0.1) is 0 Å². The third-order valence-corrected chi connectivity index (χ3v) is 5.46. The second-order valence-corrected chi connectivity index (χ2v) is 7.95. The van der Waals surface area contributed by atoms with Crippen molar-refractivity contribution in [3.05, 3.63) is 42.6 Å². The largest absolute Gasteiger partial charge is 0.378 e. The molecular formula is C17H23N5O3S. The van der Waals surface area contributed by atoms with Crippen LogP contribution in [-0.2, 0) is 14.9 Å². The molecule has 0 spiro atoms. The third-order valence-electron chi connectivity index (χ3n) is 4.01. The Morgan fingerprint density at radius 2 is 1.85 bits per heavy atom. The predicted octanol–water partition coefficient (Wildman–Crippen LogP) is 1.88. The van der Waals surface area contributed by atoms with E-state index in [1.807, 2.05) is 18.2 Å². The zero-order valence-corrected chi connectivity index (χ0v) is 15.7. The lowest BCUT2D eigenvalue weighted by Gasteiger charge is -2.30. The van der Waals surface area contributed by atoms with Crippen LogP contribution in [0.3, 0.4) is 0 Å². The summed E-state index contributed by atoms with van der Waals surface area (Å²) in [6, 6.07) is 11.4. The molecule has 2 heterocycles. The molecule has 2 aromatic rings. The van der Waals surface area contributed by atoms with Crippen LogP contribution in [-0.4, -0.2) is 58.1 Å². The van der Waals surface area contributed by atoms with Crippen molar-refractivity contribution in [1.82, 2.24) is 9.29 Å². The molecule has 1 aliphatic rings. The number of morpholine rings is 1. The summed E-state index contributed by atoms with van der Waals surface area (Å²) in [6.45, 7) is 3.12. The lowest BCUT2D eigenvalue weighted by atomic mass is 10.2. The van der Waals surface area contributed by atoms with E-state index in [1.165, 1.54) is 20.3 Å². The molecule has 0 atom stereocenters. The fourth-order valence-corrected chi connectivity index (χ4v) is 3.17. The Balaban J connectivity index is 1.74. The number of para-hydroxylation sites is 2. The molecule has 2 N–H and O–H groups in total. The minimum Gasteiger partial charge on any atom is -0.378 e. The van der Waals surface area contributed by atoms with Gasteiger partial charge in [-0.1, -0.05) is 12.1 Å². The zero-order chi connectivity index (χ0) is 18.6. The molecule has 140 valence electrons. The number of pyridine rings is 1. The first-order chi connectivity index (χ1) is 12.5. The summed E-state index contributed by atoms with van der Waals surface area (Å²) in [4.78, 5) is 6.57. The highest BCUT2D eigenvalue weighted by Gasteiger charge is 2.15. The number of rotatable bonds is 6. The van der Waals surface area contributed by atoms with Gasteiger partial charge in [0.15, 0.2) is 0 Å². The van der Waals surface area contributed by atoms with Gasteiger partial charge in [0.1, 0.15) is 5.82 Å². The zero-order valence-electron chi connectivity index (χ0n) is 14.8. The number of aromatic nitrogens is 1. The van der Waals surface area contributed by atoms with E-state index in [9.17, 15) is 8.42 Å². The molecule has 1 saturated heterocycles. The number of hydrogen-bond donors (Lipinski definition) is 2. The maximum absolute atomic E-state index is 11.9. The smallest absolute Gasteiger partial charge is 0.301 e. The topological polar surface area (TPSA) is 86.8 Å². The first-order valence-electron chi connectivity index (χ1n) is 8.31. The molecule has 1 fully saturated rings. The number of nitrogens with one attached hydrogen (secondary N) is 2. The second kappa shape index (κ2) is 7.90. The van der Waals surface area contributed by atoms with E-state index in [2.05, 4.69) is 26.0 Å². The molecule has 1 aliphatic heterocycles. The second-order valence-electron chi connectivity index (χ2n) is 6.06. The average molecular weight is 377 g/mol. The molecule has 26 heavy (non-hydrogen) atoms. The molecule has 8 nitrogen and oxygen atoms in total. The van der Waals surface area contributed by atoms with E-state index in [-0.39, 0.29) is 0 Å². The first-order valence-corrected chi connectivity index (χ1v) is 9.75. The molecule has 0 amide bonds. The van der Waals surface area contributed by atoms with Crippen LogP contribution in [0.2, 0.25) is 0 Å². The Morgan fingerprint density at radius 1 is 1.12 bits per heavy atom. The highest BCUT2D eigenvalue weighted by atomic mass is 32.2. The van der Waals surface area contributed by atoms with Crippen molar-refractivity contribution in [2.24, 2.45) is 0 Å². The number of anilines is 4. The molecule has 0 saturated carbocycles. The Hall–Kier alpha value is -2.36. The van der Waals surface area contributed by atoms with E-state index in [1.54, 1.807) is 12.1 Å². The Bertz CT molecular complexity index is 834. The first kappa shape index (κ1) is 18.4. The van der Waals surface area contributed by atoms with Gasteiger partial charge < -0.3 is 15.0 Å². The summed E-state index contributed by atoms with van der Waals surface area (Å²) in [5, 5.41) is 3.30. The van der Waals surface area contributed by atoms with Gasteiger partial charge in [-0.3, -0.25) is 4.72 Å². The Kier molecular flexibility index (Phi) is 5.60. The highest BCUT2D eigenvalue weighted by molar-refractivity contribution is 7.90. The van der Waals surface area contributed by atoms with Crippen molar-refractivity contribution in [2.75, 3.05) is 55.3 Å². The number of ether oxygens (including phenoxy) is 1. The number of nitrogens with zero attached hydrogens (tertiary/aromatic N) is 3. The maximum atomic E-state index is 11.9. The van der Waals surface area contributed by atoms with Gasteiger partial charge in [0, 0.05) is 27.2 Å². The van der Waals surface area contributed by atoms with Crippen LogP contribution in [0, 0.1) is 0 Å².